The number of aromatic nitrogens is 2. The van der Waals surface area contributed by atoms with Crippen LogP contribution < -0.4 is 21.5 Å². The van der Waals surface area contributed by atoms with Gasteiger partial charge in [-0.1, -0.05) is 18.2 Å². The van der Waals surface area contributed by atoms with Crippen molar-refractivity contribution in [1.29, 1.82) is 0 Å². The molecule has 1 atom stereocenters. The van der Waals surface area contributed by atoms with Gasteiger partial charge in [0.15, 0.2) is 0 Å². The molecule has 2 amide bonds. The third kappa shape index (κ3) is 4.95. The molecule has 180 valence electrons. The average molecular weight is 488 g/mol. The lowest BCUT2D eigenvalue weighted by Crippen LogP contribution is -2.36. The van der Waals surface area contributed by atoms with E-state index in [2.05, 4.69) is 25.9 Å². The van der Waals surface area contributed by atoms with Crippen LogP contribution in [0, 0.1) is 10.1 Å². The van der Waals surface area contributed by atoms with E-state index in [4.69, 9.17) is 0 Å². The normalized spacial score (nSPS) is 15.1. The van der Waals surface area contributed by atoms with Gasteiger partial charge in [0, 0.05) is 18.2 Å². The fourth-order valence-electron chi connectivity index (χ4n) is 3.52. The SMILES string of the molecule is O=C1C[C@@H](C(=O)Nc2ccccc2[N+](=O)[O-])c2c(nc(Nc3cccc(C(F)(F)F)c3)[nH]c2=O)N1. The minimum Gasteiger partial charge on any atom is -0.326 e. The minimum absolute atomic E-state index is 0.0317. The van der Waals surface area contributed by atoms with Crippen LogP contribution in [0.1, 0.15) is 23.5 Å². The van der Waals surface area contributed by atoms with Crippen molar-refractivity contribution in [3.8, 4) is 0 Å². The van der Waals surface area contributed by atoms with Crippen LogP contribution in [0.25, 0.3) is 0 Å². The van der Waals surface area contributed by atoms with Gasteiger partial charge >= 0.3 is 6.18 Å². The number of hydrogen-bond donors (Lipinski definition) is 4. The van der Waals surface area contributed by atoms with Crippen LogP contribution in [0.5, 0.6) is 0 Å². The van der Waals surface area contributed by atoms with Gasteiger partial charge in [-0.15, -0.1) is 0 Å². The molecule has 0 radical (unpaired) electrons. The van der Waals surface area contributed by atoms with Crippen LogP contribution in [0.15, 0.2) is 53.3 Å². The highest BCUT2D eigenvalue weighted by Crippen LogP contribution is 2.33. The van der Waals surface area contributed by atoms with Crippen molar-refractivity contribution in [2.24, 2.45) is 0 Å². The number of nitrogens with one attached hydrogen (secondary N) is 4. The summed E-state index contributed by atoms with van der Waals surface area (Å²) in [5.74, 6) is -3.35. The zero-order valence-electron chi connectivity index (χ0n) is 17.5. The Labute approximate surface area is 193 Å². The number of halogens is 3. The van der Waals surface area contributed by atoms with E-state index < -0.39 is 46.4 Å². The molecule has 0 aliphatic carbocycles. The van der Waals surface area contributed by atoms with Crippen LogP contribution in [-0.4, -0.2) is 26.7 Å². The van der Waals surface area contributed by atoms with E-state index in [1.165, 1.54) is 30.3 Å². The first kappa shape index (κ1) is 23.4. The number of para-hydroxylation sites is 2. The Morgan fingerprint density at radius 1 is 1.14 bits per heavy atom. The fraction of sp³-hybridized carbons (Fsp3) is 0.143. The number of anilines is 4. The molecule has 14 heteroatoms. The van der Waals surface area contributed by atoms with Crippen molar-refractivity contribution in [3.63, 3.8) is 0 Å². The molecule has 11 nitrogen and oxygen atoms in total. The molecule has 0 spiro atoms. The lowest BCUT2D eigenvalue weighted by molar-refractivity contribution is -0.383. The number of hydrogen-bond acceptors (Lipinski definition) is 7. The van der Waals surface area contributed by atoms with Gasteiger partial charge in [-0.05, 0) is 24.3 Å². The zero-order chi connectivity index (χ0) is 25.3. The topological polar surface area (TPSA) is 159 Å². The number of carbonyl (C=O) groups excluding carboxylic acids is 2. The molecule has 4 N–H and O–H groups in total. The summed E-state index contributed by atoms with van der Waals surface area (Å²) in [4.78, 5) is 54.8. The smallest absolute Gasteiger partial charge is 0.326 e. The first-order valence-corrected chi connectivity index (χ1v) is 9.95. The predicted octanol–water partition coefficient (Wildman–Crippen LogP) is 3.51. The van der Waals surface area contributed by atoms with Gasteiger partial charge in [-0.25, -0.2) is 0 Å². The number of nitrogens with zero attached hydrogens (tertiary/aromatic N) is 2. The molecule has 0 unspecified atom stereocenters. The molecular weight excluding hydrogens is 473 g/mol. The quantitative estimate of drug-likeness (QED) is 0.316. The average Bonchev–Trinajstić information content (AvgIpc) is 2.78. The largest absolute Gasteiger partial charge is 0.416 e. The van der Waals surface area contributed by atoms with Crippen LogP contribution in [0.4, 0.5) is 42.0 Å². The third-order valence-corrected chi connectivity index (χ3v) is 5.08. The molecular formula is C21H15F3N6O5. The molecule has 0 saturated carbocycles. The predicted molar refractivity (Wildman–Crippen MR) is 117 cm³/mol. The van der Waals surface area contributed by atoms with Crippen LogP contribution in [0.2, 0.25) is 0 Å². The number of fused-ring (bicyclic) bond motifs is 1. The summed E-state index contributed by atoms with van der Waals surface area (Å²) in [5.41, 5.74) is -2.49. The summed E-state index contributed by atoms with van der Waals surface area (Å²) in [6, 6.07) is 9.50. The van der Waals surface area contributed by atoms with Crippen LogP contribution in [0.3, 0.4) is 0 Å². The van der Waals surface area contributed by atoms with Gasteiger partial charge in [-0.2, -0.15) is 18.2 Å². The van der Waals surface area contributed by atoms with Crippen LogP contribution >= 0.6 is 0 Å². The van der Waals surface area contributed by atoms with Crippen LogP contribution in [-0.2, 0) is 15.8 Å². The maximum atomic E-state index is 13.0. The van der Waals surface area contributed by atoms with E-state index in [0.29, 0.717) is 0 Å². The highest BCUT2D eigenvalue weighted by atomic mass is 19.4. The number of amides is 2. The Morgan fingerprint density at radius 2 is 1.89 bits per heavy atom. The standard InChI is InChI=1S/C21H15F3N6O5/c22-21(23,24)10-4-3-5-11(8-10)25-20-28-17-16(19(33)29-20)12(9-15(31)27-17)18(32)26-13-6-1-2-7-14(13)30(34)35/h1-8,12H,9H2,(H,26,32)(H3,25,27,28,29,31,33)/t12-/m1/s1. The van der Waals surface area contributed by atoms with Crippen molar-refractivity contribution in [1.82, 2.24) is 9.97 Å². The highest BCUT2D eigenvalue weighted by molar-refractivity contribution is 6.05. The molecule has 1 aromatic heterocycles. The Morgan fingerprint density at radius 3 is 2.60 bits per heavy atom. The number of H-pyrrole nitrogens is 1. The Hall–Kier alpha value is -4.75. The summed E-state index contributed by atoms with van der Waals surface area (Å²) in [7, 11) is 0. The number of benzene rings is 2. The van der Waals surface area contributed by atoms with Crippen molar-refractivity contribution in [3.05, 3.63) is 80.1 Å². The summed E-state index contributed by atoms with van der Waals surface area (Å²) in [6.07, 6.45) is -5.01. The van der Waals surface area contributed by atoms with Crippen molar-refractivity contribution < 1.29 is 27.7 Å². The molecule has 35 heavy (non-hydrogen) atoms. The molecule has 0 saturated heterocycles. The number of carbonyl (C=O) groups is 2. The monoisotopic (exact) mass is 488 g/mol. The zero-order valence-corrected chi connectivity index (χ0v) is 17.5. The van der Waals surface area contributed by atoms with Gasteiger partial charge in [0.1, 0.15) is 11.5 Å². The number of nitro groups is 1. The molecule has 0 fully saturated rings. The Balaban J connectivity index is 1.64. The lowest BCUT2D eigenvalue weighted by atomic mass is 9.92. The van der Waals surface area contributed by atoms with Crippen molar-refractivity contribution in [2.45, 2.75) is 18.5 Å². The first-order chi connectivity index (χ1) is 16.5. The maximum absolute atomic E-state index is 13.0. The van der Waals surface area contributed by atoms with Crippen molar-refractivity contribution in [2.75, 3.05) is 16.0 Å². The first-order valence-electron chi connectivity index (χ1n) is 9.95. The number of alkyl halides is 3. The van der Waals surface area contributed by atoms with E-state index in [0.717, 1.165) is 18.2 Å². The summed E-state index contributed by atoms with van der Waals surface area (Å²) >= 11 is 0. The second kappa shape index (κ2) is 8.89. The van der Waals surface area contributed by atoms with E-state index in [1.54, 1.807) is 0 Å². The molecule has 1 aliphatic rings. The molecule has 2 aromatic carbocycles. The number of nitro benzene ring substituents is 1. The van der Waals surface area contributed by atoms with E-state index in [-0.39, 0.29) is 34.4 Å². The van der Waals surface area contributed by atoms with Gasteiger partial charge in [0.05, 0.1) is 22.0 Å². The summed E-state index contributed by atoms with van der Waals surface area (Å²) in [6.45, 7) is 0. The van der Waals surface area contributed by atoms with Crippen molar-refractivity contribution >= 4 is 40.6 Å². The summed E-state index contributed by atoms with van der Waals surface area (Å²) < 4.78 is 38.9. The molecule has 4 rings (SSSR count). The third-order valence-electron chi connectivity index (χ3n) is 5.08. The Kier molecular flexibility index (Phi) is 5.94. The fourth-order valence-corrected chi connectivity index (χ4v) is 3.52. The second-order valence-electron chi connectivity index (χ2n) is 7.45. The van der Waals surface area contributed by atoms with Gasteiger partial charge in [0.25, 0.3) is 11.2 Å². The molecule has 0 bridgehead atoms. The maximum Gasteiger partial charge on any atom is 0.416 e. The number of rotatable bonds is 5. The highest BCUT2D eigenvalue weighted by Gasteiger charge is 2.35. The molecule has 3 aromatic rings. The van der Waals surface area contributed by atoms with E-state index in [9.17, 15) is 37.7 Å². The van der Waals surface area contributed by atoms with Gasteiger partial charge in [-0.3, -0.25) is 29.5 Å². The lowest BCUT2D eigenvalue weighted by Gasteiger charge is -2.23. The molecule has 2 heterocycles. The van der Waals surface area contributed by atoms with E-state index >= 15 is 0 Å². The van der Waals surface area contributed by atoms with E-state index in [1.807, 2.05) is 0 Å². The Bertz CT molecular complexity index is 1400. The van der Waals surface area contributed by atoms with Gasteiger partial charge in [0.2, 0.25) is 17.8 Å². The summed E-state index contributed by atoms with van der Waals surface area (Å²) in [5, 5.41) is 18.5. The number of aromatic amines is 1. The molecule has 1 aliphatic heterocycles. The van der Waals surface area contributed by atoms with Gasteiger partial charge < -0.3 is 16.0 Å². The second-order valence-corrected chi connectivity index (χ2v) is 7.45. The minimum atomic E-state index is -4.59.